The molecule has 0 aliphatic carbocycles. The molecule has 0 N–H and O–H groups in total. The summed E-state index contributed by atoms with van der Waals surface area (Å²) in [5, 5.41) is 0. The van der Waals surface area contributed by atoms with Crippen molar-refractivity contribution < 1.29 is 14.3 Å². The molecule has 0 aromatic carbocycles. The van der Waals surface area contributed by atoms with Gasteiger partial charge in [0.1, 0.15) is 11.4 Å². The molecule has 0 unspecified atom stereocenters. The van der Waals surface area contributed by atoms with Crippen molar-refractivity contribution in [3.8, 4) is 0 Å². The van der Waals surface area contributed by atoms with E-state index in [0.717, 1.165) is 29.8 Å². The van der Waals surface area contributed by atoms with Crippen molar-refractivity contribution in [1.29, 1.82) is 0 Å². The third-order valence-electron chi connectivity index (χ3n) is 6.12. The van der Waals surface area contributed by atoms with Gasteiger partial charge in [0.05, 0.1) is 25.1 Å². The summed E-state index contributed by atoms with van der Waals surface area (Å²) < 4.78 is 5.16. The van der Waals surface area contributed by atoms with Gasteiger partial charge in [0.25, 0.3) is 5.91 Å². The highest BCUT2D eigenvalue weighted by Crippen LogP contribution is 2.40. The number of pyridine rings is 1. The molecule has 8 heteroatoms. The van der Waals surface area contributed by atoms with Crippen LogP contribution in [0.1, 0.15) is 52.9 Å². The maximum Gasteiger partial charge on any atom is 0.256 e. The van der Waals surface area contributed by atoms with Crippen LogP contribution in [-0.4, -0.2) is 58.5 Å². The maximum absolute atomic E-state index is 13.3. The molecule has 0 radical (unpaired) electrons. The summed E-state index contributed by atoms with van der Waals surface area (Å²) in [6.07, 6.45) is 3.56. The smallest absolute Gasteiger partial charge is 0.256 e. The number of anilines is 1. The van der Waals surface area contributed by atoms with E-state index >= 15 is 0 Å². The molecule has 2 amide bonds. The molecule has 1 fully saturated rings. The number of carbonyl (C=O) groups is 2. The molecule has 4 heterocycles. The molecule has 30 heavy (non-hydrogen) atoms. The van der Waals surface area contributed by atoms with Crippen molar-refractivity contribution in [1.82, 2.24) is 19.9 Å². The Morgan fingerprint density at radius 1 is 1.27 bits per heavy atom. The molecule has 1 saturated heterocycles. The summed E-state index contributed by atoms with van der Waals surface area (Å²) in [5.74, 6) is 1.17. The molecule has 2 aromatic rings. The molecule has 0 bridgehead atoms. The van der Waals surface area contributed by atoms with Gasteiger partial charge in [-0.25, -0.2) is 9.97 Å². The van der Waals surface area contributed by atoms with Crippen molar-refractivity contribution >= 4 is 17.6 Å². The van der Waals surface area contributed by atoms with Gasteiger partial charge >= 0.3 is 0 Å². The van der Waals surface area contributed by atoms with Crippen molar-refractivity contribution in [2.45, 2.75) is 45.6 Å². The number of hydrogen-bond acceptors (Lipinski definition) is 6. The first-order valence-electron chi connectivity index (χ1n) is 10.3. The zero-order chi connectivity index (χ0) is 21.5. The first kappa shape index (κ1) is 20.4. The highest BCUT2D eigenvalue weighted by Gasteiger charge is 2.45. The van der Waals surface area contributed by atoms with E-state index in [2.05, 4.69) is 4.98 Å². The fourth-order valence-electron chi connectivity index (χ4n) is 4.30. The van der Waals surface area contributed by atoms with E-state index in [-0.39, 0.29) is 11.8 Å². The topological polar surface area (TPSA) is 88.5 Å². The lowest BCUT2D eigenvalue weighted by molar-refractivity contribution is -0.117. The quantitative estimate of drug-likeness (QED) is 0.752. The van der Waals surface area contributed by atoms with E-state index in [1.807, 2.05) is 37.8 Å². The van der Waals surface area contributed by atoms with Crippen molar-refractivity contribution in [2.75, 3.05) is 31.7 Å². The normalized spacial score (nSPS) is 20.7. The molecule has 0 saturated carbocycles. The molecule has 2 aliphatic rings. The lowest BCUT2D eigenvalue weighted by Crippen LogP contribution is -2.44. The Labute approximate surface area is 176 Å². The number of carbonyl (C=O) groups excluding carboxylic acids is 2. The van der Waals surface area contributed by atoms with Gasteiger partial charge in [-0.3, -0.25) is 19.5 Å². The molecule has 4 rings (SSSR count). The molecule has 8 nitrogen and oxygen atoms in total. The predicted molar refractivity (Wildman–Crippen MR) is 111 cm³/mol. The SMILES string of the molecule is COCCN1C(=O)Cc2c(C)nc([C@@]3(C)CCCN3C(=O)c3ccc(C)nc3)nc21. The van der Waals surface area contributed by atoms with E-state index in [9.17, 15) is 9.59 Å². The number of hydrogen-bond donors (Lipinski definition) is 0. The Kier molecular flexibility index (Phi) is 5.27. The molecular formula is C22H27N5O3. The van der Waals surface area contributed by atoms with Crippen LogP contribution in [0, 0.1) is 13.8 Å². The Hall–Kier alpha value is -2.87. The second-order valence-electron chi connectivity index (χ2n) is 8.17. The van der Waals surface area contributed by atoms with Gasteiger partial charge in [0.15, 0.2) is 5.82 Å². The Morgan fingerprint density at radius 2 is 2.07 bits per heavy atom. The van der Waals surface area contributed by atoms with Crippen molar-refractivity contribution in [3.63, 3.8) is 0 Å². The predicted octanol–water partition coefficient (Wildman–Crippen LogP) is 2.18. The van der Waals surface area contributed by atoms with Gasteiger partial charge in [0.2, 0.25) is 5.91 Å². The Bertz CT molecular complexity index is 991. The van der Waals surface area contributed by atoms with E-state index in [4.69, 9.17) is 14.7 Å². The zero-order valence-corrected chi connectivity index (χ0v) is 17.9. The summed E-state index contributed by atoms with van der Waals surface area (Å²) in [4.78, 5) is 43.2. The van der Waals surface area contributed by atoms with Gasteiger partial charge in [-0.15, -0.1) is 0 Å². The summed E-state index contributed by atoms with van der Waals surface area (Å²) >= 11 is 0. The highest BCUT2D eigenvalue weighted by molar-refractivity contribution is 6.00. The number of ether oxygens (including phenoxy) is 1. The van der Waals surface area contributed by atoms with E-state index in [0.29, 0.717) is 43.3 Å². The van der Waals surface area contributed by atoms with Gasteiger partial charge in [-0.2, -0.15) is 0 Å². The lowest BCUT2D eigenvalue weighted by Gasteiger charge is -2.34. The monoisotopic (exact) mass is 409 g/mol. The van der Waals surface area contributed by atoms with Crippen LogP contribution in [-0.2, 0) is 21.5 Å². The second-order valence-corrected chi connectivity index (χ2v) is 8.17. The first-order valence-corrected chi connectivity index (χ1v) is 10.3. The first-order chi connectivity index (χ1) is 14.3. The number of amides is 2. The molecule has 2 aliphatic heterocycles. The van der Waals surface area contributed by atoms with Gasteiger partial charge in [0, 0.05) is 36.8 Å². The van der Waals surface area contributed by atoms with E-state index < -0.39 is 5.54 Å². The van der Waals surface area contributed by atoms with Gasteiger partial charge in [-0.1, -0.05) is 0 Å². The molecule has 158 valence electrons. The van der Waals surface area contributed by atoms with Crippen LogP contribution < -0.4 is 4.90 Å². The minimum absolute atomic E-state index is 0.00633. The van der Waals surface area contributed by atoms with Gasteiger partial charge < -0.3 is 9.64 Å². The van der Waals surface area contributed by atoms with Crippen LogP contribution >= 0.6 is 0 Å². The van der Waals surface area contributed by atoms with Crippen molar-refractivity contribution in [3.05, 3.63) is 46.7 Å². The van der Waals surface area contributed by atoms with Crippen LogP contribution in [0.4, 0.5) is 5.82 Å². The lowest BCUT2D eigenvalue weighted by atomic mass is 9.96. The van der Waals surface area contributed by atoms with E-state index in [1.165, 1.54) is 0 Å². The maximum atomic E-state index is 13.3. The average Bonchev–Trinajstić information content (AvgIpc) is 3.27. The summed E-state index contributed by atoms with van der Waals surface area (Å²) in [7, 11) is 1.61. The summed E-state index contributed by atoms with van der Waals surface area (Å²) in [5.41, 5.74) is 2.45. The number of fused-ring (bicyclic) bond motifs is 1. The van der Waals surface area contributed by atoms with Crippen LogP contribution in [0.2, 0.25) is 0 Å². The number of aryl methyl sites for hydroxylation is 2. The van der Waals surface area contributed by atoms with E-state index in [1.54, 1.807) is 18.2 Å². The van der Waals surface area contributed by atoms with Crippen LogP contribution in [0.5, 0.6) is 0 Å². The molecule has 0 spiro atoms. The minimum Gasteiger partial charge on any atom is -0.383 e. The molecular weight excluding hydrogens is 382 g/mol. The minimum atomic E-state index is -0.639. The van der Waals surface area contributed by atoms with Crippen LogP contribution in [0.3, 0.4) is 0 Å². The number of aromatic nitrogens is 3. The fraction of sp³-hybridized carbons (Fsp3) is 0.500. The largest absolute Gasteiger partial charge is 0.383 e. The Balaban J connectivity index is 1.71. The fourth-order valence-corrected chi connectivity index (χ4v) is 4.30. The van der Waals surface area contributed by atoms with Crippen LogP contribution in [0.15, 0.2) is 18.3 Å². The zero-order valence-electron chi connectivity index (χ0n) is 17.9. The summed E-state index contributed by atoms with van der Waals surface area (Å²) in [6.45, 7) is 7.34. The molecule has 2 aromatic heterocycles. The number of nitrogens with zero attached hydrogens (tertiary/aromatic N) is 5. The highest BCUT2D eigenvalue weighted by atomic mass is 16.5. The molecule has 1 atom stereocenters. The Morgan fingerprint density at radius 3 is 2.77 bits per heavy atom. The number of methoxy groups -OCH3 is 1. The second kappa shape index (κ2) is 7.75. The van der Waals surface area contributed by atoms with Crippen LogP contribution in [0.25, 0.3) is 0 Å². The number of rotatable bonds is 5. The standard InChI is InChI=1S/C22H27N5O3/c1-14-6-7-16(13-23-14)20(29)27-9-5-8-22(27,3)21-24-15(2)17-12-18(28)26(10-11-30-4)19(17)25-21/h6-7,13H,5,8-12H2,1-4H3/t22-/m1/s1. The summed E-state index contributed by atoms with van der Waals surface area (Å²) in [6, 6.07) is 3.65. The van der Waals surface area contributed by atoms with Gasteiger partial charge in [-0.05, 0) is 45.7 Å². The van der Waals surface area contributed by atoms with Crippen molar-refractivity contribution in [2.24, 2.45) is 0 Å². The number of likely N-dealkylation sites (tertiary alicyclic amines) is 1. The third-order valence-corrected chi connectivity index (χ3v) is 6.12. The average molecular weight is 409 g/mol. The third kappa shape index (κ3) is 3.35.